The number of carbonyl (C=O) groups is 2. The van der Waals surface area contributed by atoms with Gasteiger partial charge in [0.05, 0.1) is 13.1 Å². The van der Waals surface area contributed by atoms with Gasteiger partial charge in [0, 0.05) is 13.6 Å². The molecule has 1 aliphatic heterocycles. The molecule has 1 aromatic rings. The largest absolute Gasteiger partial charge is 0.454 e. The Balaban J connectivity index is 0.00000220. The van der Waals surface area contributed by atoms with Gasteiger partial charge in [-0.15, -0.1) is 12.4 Å². The molecule has 2 rings (SSSR count). The molecule has 7 nitrogen and oxygen atoms in total. The summed E-state index contributed by atoms with van der Waals surface area (Å²) in [4.78, 5) is 24.3. The predicted molar refractivity (Wildman–Crippen MR) is 78.4 cm³/mol. The lowest BCUT2D eigenvalue weighted by molar-refractivity contribution is -0.131. The Morgan fingerprint density at radius 3 is 2.76 bits per heavy atom. The van der Waals surface area contributed by atoms with Gasteiger partial charge in [-0.25, -0.2) is 0 Å². The number of nitrogens with one attached hydrogen (secondary N) is 1. The van der Waals surface area contributed by atoms with E-state index in [9.17, 15) is 9.59 Å². The van der Waals surface area contributed by atoms with E-state index in [-0.39, 0.29) is 44.1 Å². The minimum atomic E-state index is -0.352. The summed E-state index contributed by atoms with van der Waals surface area (Å²) in [6, 6.07) is 5.52. The number of fused-ring (bicyclic) bond motifs is 1. The normalized spacial score (nSPS) is 11.5. The summed E-state index contributed by atoms with van der Waals surface area (Å²) in [7, 11) is 1.67. The third kappa shape index (κ3) is 4.51. The molecular weight excluding hydrogens is 298 g/mol. The first-order chi connectivity index (χ1) is 9.60. The summed E-state index contributed by atoms with van der Waals surface area (Å²) >= 11 is 0. The van der Waals surface area contributed by atoms with Crippen LogP contribution in [0.5, 0.6) is 11.5 Å². The second-order valence-corrected chi connectivity index (χ2v) is 4.42. The molecule has 0 spiro atoms. The molecule has 0 atom stereocenters. The number of nitrogens with zero attached hydrogens (tertiary/aromatic N) is 1. The highest BCUT2D eigenvalue weighted by atomic mass is 35.5. The van der Waals surface area contributed by atoms with Crippen LogP contribution in [0.4, 0.5) is 0 Å². The average Bonchev–Trinajstić information content (AvgIpc) is 2.91. The summed E-state index contributed by atoms with van der Waals surface area (Å²) in [6.45, 7) is 0.461. The van der Waals surface area contributed by atoms with Crippen molar-refractivity contribution in [3.8, 4) is 11.5 Å². The highest BCUT2D eigenvalue weighted by Crippen LogP contribution is 2.32. The number of amides is 2. The van der Waals surface area contributed by atoms with Gasteiger partial charge in [-0.1, -0.05) is 6.07 Å². The third-order valence-corrected chi connectivity index (χ3v) is 2.90. The van der Waals surface area contributed by atoms with E-state index in [0.29, 0.717) is 18.0 Å². The number of hydrogen-bond donors (Lipinski definition) is 2. The maximum absolute atomic E-state index is 11.8. The van der Waals surface area contributed by atoms with E-state index < -0.39 is 0 Å². The second kappa shape index (κ2) is 7.70. The second-order valence-electron chi connectivity index (χ2n) is 4.42. The maximum atomic E-state index is 11.8. The number of hydrogen-bond acceptors (Lipinski definition) is 5. The van der Waals surface area contributed by atoms with Crippen LogP contribution in [0, 0.1) is 0 Å². The van der Waals surface area contributed by atoms with Gasteiger partial charge in [-0.3, -0.25) is 9.59 Å². The van der Waals surface area contributed by atoms with Crippen LogP contribution in [0.25, 0.3) is 0 Å². The van der Waals surface area contributed by atoms with Gasteiger partial charge in [0.2, 0.25) is 18.6 Å². The molecule has 0 saturated heterocycles. The summed E-state index contributed by atoms with van der Waals surface area (Å²) in [5.41, 5.74) is 6.07. The van der Waals surface area contributed by atoms with Gasteiger partial charge in [0.15, 0.2) is 11.5 Å². The molecule has 1 aromatic carbocycles. The van der Waals surface area contributed by atoms with Crippen LogP contribution < -0.4 is 20.5 Å². The molecular formula is C13H18ClN3O4. The molecule has 0 bridgehead atoms. The Kier molecular flexibility index (Phi) is 6.26. The van der Waals surface area contributed by atoms with Crippen molar-refractivity contribution in [2.24, 2.45) is 5.73 Å². The standard InChI is InChI=1S/C13H17N3O4.ClH/c1-16(13(18)6-15-12(17)5-14)7-9-2-3-10-11(4-9)20-8-19-10;/h2-4H,5-8,14H2,1H3,(H,15,17);1H. The maximum Gasteiger partial charge on any atom is 0.242 e. The number of carbonyl (C=O) groups excluding carboxylic acids is 2. The van der Waals surface area contributed by atoms with E-state index in [0.717, 1.165) is 5.56 Å². The molecule has 0 unspecified atom stereocenters. The van der Waals surface area contributed by atoms with Crippen LogP contribution in [0.2, 0.25) is 0 Å². The topological polar surface area (TPSA) is 93.9 Å². The summed E-state index contributed by atoms with van der Waals surface area (Å²) in [6.07, 6.45) is 0. The van der Waals surface area contributed by atoms with Gasteiger partial charge in [0.25, 0.3) is 0 Å². The zero-order chi connectivity index (χ0) is 14.5. The Morgan fingerprint density at radius 1 is 1.33 bits per heavy atom. The van der Waals surface area contributed by atoms with Crippen LogP contribution in [0.1, 0.15) is 5.56 Å². The number of halogens is 1. The fourth-order valence-electron chi connectivity index (χ4n) is 1.78. The Hall–Kier alpha value is -1.99. The van der Waals surface area contributed by atoms with Crippen LogP contribution in [-0.2, 0) is 16.1 Å². The van der Waals surface area contributed by atoms with Crippen LogP contribution in [0.3, 0.4) is 0 Å². The fourth-order valence-corrected chi connectivity index (χ4v) is 1.78. The summed E-state index contributed by atoms with van der Waals surface area (Å²) < 4.78 is 10.5. The van der Waals surface area contributed by atoms with E-state index in [1.807, 2.05) is 18.2 Å². The fraction of sp³-hybridized carbons (Fsp3) is 0.385. The van der Waals surface area contributed by atoms with Crippen molar-refractivity contribution in [3.05, 3.63) is 23.8 Å². The molecule has 21 heavy (non-hydrogen) atoms. The molecule has 0 saturated carbocycles. The molecule has 116 valence electrons. The molecule has 1 aliphatic rings. The van der Waals surface area contributed by atoms with Crippen LogP contribution in [0.15, 0.2) is 18.2 Å². The van der Waals surface area contributed by atoms with E-state index in [1.165, 1.54) is 4.90 Å². The SMILES string of the molecule is CN(Cc1ccc2c(c1)OCO2)C(=O)CNC(=O)CN.Cl. The van der Waals surface area contributed by atoms with Crippen molar-refractivity contribution >= 4 is 24.2 Å². The van der Waals surface area contributed by atoms with Gasteiger partial charge < -0.3 is 25.4 Å². The number of nitrogens with two attached hydrogens (primary N) is 1. The number of ether oxygens (including phenoxy) is 2. The number of benzene rings is 1. The first kappa shape index (κ1) is 17.1. The smallest absolute Gasteiger partial charge is 0.242 e. The van der Waals surface area contributed by atoms with Gasteiger partial charge in [0.1, 0.15) is 0 Å². The Morgan fingerprint density at radius 2 is 2.05 bits per heavy atom. The van der Waals surface area contributed by atoms with Crippen LogP contribution >= 0.6 is 12.4 Å². The van der Waals surface area contributed by atoms with Crippen LogP contribution in [-0.4, -0.2) is 43.6 Å². The molecule has 0 aromatic heterocycles. The van der Waals surface area contributed by atoms with Gasteiger partial charge in [-0.05, 0) is 17.7 Å². The molecule has 0 aliphatic carbocycles. The minimum absolute atomic E-state index is 0. The lowest BCUT2D eigenvalue weighted by Crippen LogP contribution is -2.40. The Labute approximate surface area is 128 Å². The van der Waals surface area contributed by atoms with E-state index in [4.69, 9.17) is 15.2 Å². The first-order valence-corrected chi connectivity index (χ1v) is 6.19. The van der Waals surface area contributed by atoms with Crippen molar-refractivity contribution in [1.82, 2.24) is 10.2 Å². The monoisotopic (exact) mass is 315 g/mol. The molecule has 2 amide bonds. The van der Waals surface area contributed by atoms with Crippen molar-refractivity contribution in [2.75, 3.05) is 26.9 Å². The lowest BCUT2D eigenvalue weighted by atomic mass is 10.2. The summed E-state index contributed by atoms with van der Waals surface area (Å²) in [5.74, 6) is 0.844. The minimum Gasteiger partial charge on any atom is -0.454 e. The van der Waals surface area contributed by atoms with Crippen molar-refractivity contribution in [1.29, 1.82) is 0 Å². The number of likely N-dealkylation sites (N-methyl/N-ethyl adjacent to an activating group) is 1. The Bertz CT molecular complexity index is 524. The average molecular weight is 316 g/mol. The van der Waals surface area contributed by atoms with E-state index in [1.54, 1.807) is 7.05 Å². The summed E-state index contributed by atoms with van der Waals surface area (Å²) in [5, 5.41) is 2.44. The first-order valence-electron chi connectivity index (χ1n) is 6.19. The molecule has 8 heteroatoms. The molecule has 0 radical (unpaired) electrons. The van der Waals surface area contributed by atoms with Crippen molar-refractivity contribution in [2.45, 2.75) is 6.54 Å². The highest BCUT2D eigenvalue weighted by Gasteiger charge is 2.15. The third-order valence-electron chi connectivity index (χ3n) is 2.90. The predicted octanol–water partition coefficient (Wildman–Crippen LogP) is -0.130. The molecule has 3 N–H and O–H groups in total. The highest BCUT2D eigenvalue weighted by molar-refractivity contribution is 5.85. The van der Waals surface area contributed by atoms with Gasteiger partial charge >= 0.3 is 0 Å². The van der Waals surface area contributed by atoms with Crippen molar-refractivity contribution in [3.63, 3.8) is 0 Å². The number of rotatable bonds is 5. The van der Waals surface area contributed by atoms with E-state index >= 15 is 0 Å². The molecule has 0 fully saturated rings. The molecule has 1 heterocycles. The zero-order valence-electron chi connectivity index (χ0n) is 11.6. The zero-order valence-corrected chi connectivity index (χ0v) is 12.4. The lowest BCUT2D eigenvalue weighted by Gasteiger charge is -2.17. The van der Waals surface area contributed by atoms with Gasteiger partial charge in [-0.2, -0.15) is 0 Å². The van der Waals surface area contributed by atoms with Crippen molar-refractivity contribution < 1.29 is 19.1 Å². The quantitative estimate of drug-likeness (QED) is 0.789. The van der Waals surface area contributed by atoms with E-state index in [2.05, 4.69) is 5.32 Å².